The lowest BCUT2D eigenvalue weighted by Gasteiger charge is -2.29. The highest BCUT2D eigenvalue weighted by atomic mass is 19.3. The fourth-order valence-corrected chi connectivity index (χ4v) is 3.77. The standard InChI is InChI=1S/C22H21F3N2O2/c1-13(11-20(28)14-4-6-15(23)7-5-14)17-8-9-19-18(26-17)3-2-10-27(19)21(29)16-12-22(16,24)25/h4-9,13,16H,2-3,10-12H2,1H3/t13-,16?/m0/s1. The van der Waals surface area contributed by atoms with Gasteiger partial charge in [0.25, 0.3) is 5.92 Å². The highest BCUT2D eigenvalue weighted by molar-refractivity contribution is 5.98. The zero-order chi connectivity index (χ0) is 20.8. The maximum atomic E-state index is 13.3. The molecule has 2 heterocycles. The van der Waals surface area contributed by atoms with Crippen molar-refractivity contribution in [2.24, 2.45) is 5.92 Å². The molecule has 0 N–H and O–H groups in total. The van der Waals surface area contributed by atoms with Crippen molar-refractivity contribution in [1.29, 1.82) is 0 Å². The molecule has 0 spiro atoms. The number of Topliss-reactive ketones (excluding diaryl/α,β-unsaturated/α-hetero) is 1. The molecule has 0 bridgehead atoms. The van der Waals surface area contributed by atoms with Crippen LogP contribution in [-0.2, 0) is 11.2 Å². The van der Waals surface area contributed by atoms with Crippen LogP contribution in [0.15, 0.2) is 36.4 Å². The number of aryl methyl sites for hydroxylation is 1. The molecule has 1 unspecified atom stereocenters. The number of alkyl halides is 2. The number of hydrogen-bond donors (Lipinski definition) is 0. The Hall–Kier alpha value is -2.70. The first kappa shape index (κ1) is 19.6. The molecule has 1 aromatic heterocycles. The van der Waals surface area contributed by atoms with Gasteiger partial charge < -0.3 is 4.90 Å². The van der Waals surface area contributed by atoms with Crippen LogP contribution in [0.5, 0.6) is 0 Å². The number of anilines is 1. The second-order valence-electron chi connectivity index (χ2n) is 7.85. The van der Waals surface area contributed by atoms with E-state index >= 15 is 0 Å². The van der Waals surface area contributed by atoms with E-state index in [1.54, 1.807) is 12.1 Å². The van der Waals surface area contributed by atoms with Crippen molar-refractivity contribution in [3.63, 3.8) is 0 Å². The van der Waals surface area contributed by atoms with Crippen LogP contribution >= 0.6 is 0 Å². The van der Waals surface area contributed by atoms with Crippen LogP contribution in [0.1, 0.15) is 53.8 Å². The number of halogens is 3. The topological polar surface area (TPSA) is 50.3 Å². The number of benzene rings is 1. The van der Waals surface area contributed by atoms with Crippen molar-refractivity contribution >= 4 is 17.4 Å². The largest absolute Gasteiger partial charge is 0.310 e. The maximum absolute atomic E-state index is 13.3. The minimum atomic E-state index is -2.89. The molecular weight excluding hydrogens is 381 g/mol. The van der Waals surface area contributed by atoms with Gasteiger partial charge in [0.1, 0.15) is 11.7 Å². The quantitative estimate of drug-likeness (QED) is 0.691. The SMILES string of the molecule is C[C@@H](CC(=O)c1ccc(F)cc1)c1ccc2c(n1)CCCN2C(=O)C1CC1(F)F. The monoisotopic (exact) mass is 402 g/mol. The lowest BCUT2D eigenvalue weighted by atomic mass is 9.95. The molecule has 152 valence electrons. The molecule has 1 aromatic carbocycles. The van der Waals surface area contributed by atoms with Crippen LogP contribution in [0.25, 0.3) is 0 Å². The Bertz CT molecular complexity index is 959. The summed E-state index contributed by atoms with van der Waals surface area (Å²) < 4.78 is 39.7. The van der Waals surface area contributed by atoms with E-state index in [-0.39, 0.29) is 24.5 Å². The molecule has 1 fully saturated rings. The second kappa shape index (κ2) is 7.28. The number of hydrogen-bond acceptors (Lipinski definition) is 3. The third kappa shape index (κ3) is 3.91. The number of amides is 1. The summed E-state index contributed by atoms with van der Waals surface area (Å²) >= 11 is 0. The second-order valence-corrected chi connectivity index (χ2v) is 7.85. The molecule has 4 nitrogen and oxygen atoms in total. The number of carbonyl (C=O) groups excluding carboxylic acids is 2. The average Bonchev–Trinajstić information content (AvgIpc) is 3.35. The molecular formula is C22H21F3N2O2. The van der Waals surface area contributed by atoms with E-state index < -0.39 is 23.6 Å². The first-order valence-corrected chi connectivity index (χ1v) is 9.74. The zero-order valence-corrected chi connectivity index (χ0v) is 16.0. The highest BCUT2D eigenvalue weighted by Gasteiger charge is 2.62. The van der Waals surface area contributed by atoms with Crippen molar-refractivity contribution in [1.82, 2.24) is 4.98 Å². The lowest BCUT2D eigenvalue weighted by Crippen LogP contribution is -2.38. The normalized spacial score (nSPS) is 20.7. The van der Waals surface area contributed by atoms with Gasteiger partial charge in [0.15, 0.2) is 5.78 Å². The van der Waals surface area contributed by atoms with Crippen LogP contribution in [0, 0.1) is 11.7 Å². The van der Waals surface area contributed by atoms with Crippen LogP contribution in [0.3, 0.4) is 0 Å². The Morgan fingerprint density at radius 3 is 2.55 bits per heavy atom. The molecule has 1 aliphatic carbocycles. The number of aromatic nitrogens is 1. The summed E-state index contributed by atoms with van der Waals surface area (Å²) in [6.07, 6.45) is 1.16. The summed E-state index contributed by atoms with van der Waals surface area (Å²) in [6.45, 7) is 2.30. The number of carbonyl (C=O) groups is 2. The van der Waals surface area contributed by atoms with Gasteiger partial charge in [-0.25, -0.2) is 13.2 Å². The summed E-state index contributed by atoms with van der Waals surface area (Å²) in [7, 11) is 0. The van der Waals surface area contributed by atoms with Crippen molar-refractivity contribution in [2.75, 3.05) is 11.4 Å². The first-order chi connectivity index (χ1) is 13.8. The molecule has 2 aliphatic rings. The van der Waals surface area contributed by atoms with Crippen LogP contribution < -0.4 is 4.90 Å². The number of fused-ring (bicyclic) bond motifs is 1. The summed E-state index contributed by atoms with van der Waals surface area (Å²) in [4.78, 5) is 30.9. The van der Waals surface area contributed by atoms with E-state index in [9.17, 15) is 22.8 Å². The minimum Gasteiger partial charge on any atom is -0.310 e. The highest BCUT2D eigenvalue weighted by Crippen LogP contribution is 2.50. The Kier molecular flexibility index (Phi) is 4.92. The van der Waals surface area contributed by atoms with Crippen molar-refractivity contribution < 1.29 is 22.8 Å². The molecule has 7 heteroatoms. The molecule has 4 rings (SSSR count). The summed E-state index contributed by atoms with van der Waals surface area (Å²) in [6, 6.07) is 8.92. The van der Waals surface area contributed by atoms with Crippen LogP contribution in [0.4, 0.5) is 18.9 Å². The van der Waals surface area contributed by atoms with Crippen molar-refractivity contribution in [2.45, 2.75) is 44.4 Å². The van der Waals surface area contributed by atoms with Gasteiger partial charge in [0, 0.05) is 36.6 Å². The van der Waals surface area contributed by atoms with Gasteiger partial charge in [0.2, 0.25) is 5.91 Å². The minimum absolute atomic E-state index is 0.107. The van der Waals surface area contributed by atoms with Crippen LogP contribution in [0.2, 0.25) is 0 Å². The molecule has 1 aliphatic heterocycles. The predicted octanol–water partition coefficient (Wildman–Crippen LogP) is 4.53. The smallest absolute Gasteiger partial charge is 0.260 e. The number of rotatable bonds is 5. The van der Waals surface area contributed by atoms with E-state index in [1.807, 2.05) is 6.92 Å². The Labute approximate surface area is 166 Å². The summed E-state index contributed by atoms with van der Waals surface area (Å²) in [5, 5.41) is 0. The molecule has 1 amide bonds. The predicted molar refractivity (Wildman–Crippen MR) is 102 cm³/mol. The van der Waals surface area contributed by atoms with Gasteiger partial charge in [-0.3, -0.25) is 14.6 Å². The van der Waals surface area contributed by atoms with Crippen LogP contribution in [-0.4, -0.2) is 29.1 Å². The van der Waals surface area contributed by atoms with Gasteiger partial charge >= 0.3 is 0 Å². The Morgan fingerprint density at radius 1 is 1.21 bits per heavy atom. The van der Waals surface area contributed by atoms with Gasteiger partial charge in [-0.2, -0.15) is 0 Å². The van der Waals surface area contributed by atoms with E-state index in [4.69, 9.17) is 0 Å². The summed E-state index contributed by atoms with van der Waals surface area (Å²) in [5.74, 6) is -5.32. The van der Waals surface area contributed by atoms with Gasteiger partial charge in [0.05, 0.1) is 11.4 Å². The number of ketones is 1. The fourth-order valence-electron chi connectivity index (χ4n) is 3.77. The molecule has 29 heavy (non-hydrogen) atoms. The Balaban J connectivity index is 1.49. The molecule has 2 aromatic rings. The van der Waals surface area contributed by atoms with Gasteiger partial charge in [-0.15, -0.1) is 0 Å². The van der Waals surface area contributed by atoms with E-state index in [0.717, 1.165) is 0 Å². The van der Waals surface area contributed by atoms with Crippen molar-refractivity contribution in [3.8, 4) is 0 Å². The van der Waals surface area contributed by atoms with E-state index in [2.05, 4.69) is 4.98 Å². The molecule has 1 saturated carbocycles. The molecule has 0 saturated heterocycles. The molecule has 2 atom stereocenters. The van der Waals surface area contributed by atoms with Crippen molar-refractivity contribution in [3.05, 3.63) is 59.2 Å². The maximum Gasteiger partial charge on any atom is 0.260 e. The van der Waals surface area contributed by atoms with Gasteiger partial charge in [-0.05, 0) is 49.2 Å². The number of pyridine rings is 1. The van der Waals surface area contributed by atoms with E-state index in [1.165, 1.54) is 29.2 Å². The Morgan fingerprint density at radius 2 is 1.90 bits per heavy atom. The van der Waals surface area contributed by atoms with Gasteiger partial charge in [-0.1, -0.05) is 6.92 Å². The zero-order valence-electron chi connectivity index (χ0n) is 16.0. The number of nitrogens with zero attached hydrogens (tertiary/aromatic N) is 2. The third-order valence-corrected chi connectivity index (χ3v) is 5.61. The fraction of sp³-hybridized carbons (Fsp3) is 0.409. The van der Waals surface area contributed by atoms with E-state index in [0.29, 0.717) is 42.0 Å². The molecule has 0 radical (unpaired) electrons. The third-order valence-electron chi connectivity index (χ3n) is 5.61. The first-order valence-electron chi connectivity index (χ1n) is 9.74. The lowest BCUT2D eigenvalue weighted by molar-refractivity contribution is -0.121. The summed E-state index contributed by atoms with van der Waals surface area (Å²) in [5.41, 5.74) is 2.44. The average molecular weight is 402 g/mol.